The molecule has 1 aromatic heterocycles. The van der Waals surface area contributed by atoms with Crippen LogP contribution in [0.25, 0.3) is 22.0 Å². The van der Waals surface area contributed by atoms with E-state index in [0.29, 0.717) is 29.4 Å². The van der Waals surface area contributed by atoms with Gasteiger partial charge in [0, 0.05) is 29.3 Å². The van der Waals surface area contributed by atoms with Gasteiger partial charge >= 0.3 is 0 Å². The van der Waals surface area contributed by atoms with E-state index in [9.17, 15) is 13.2 Å². The third kappa shape index (κ3) is 6.11. The fourth-order valence-corrected chi connectivity index (χ4v) is 5.45. The molecule has 4 rings (SSSR count). The van der Waals surface area contributed by atoms with Crippen LogP contribution in [0.2, 0.25) is 0 Å². The first-order chi connectivity index (χ1) is 16.9. The number of benzene rings is 3. The highest BCUT2D eigenvalue weighted by Gasteiger charge is 2.15. The molecule has 0 atom stereocenters. The van der Waals surface area contributed by atoms with Crippen molar-refractivity contribution >= 4 is 38.2 Å². The standard InChI is InChI=1S/C28H29N3O3S/c1-3-4-5-15-35(33,34)25-13-8-12-24(18-25)30-28-29-19-23-11-7-14-26(27(23)31-28)22-10-6-9-21(17-22)16-20(2)32/h6-14,17-19H,3-5,15-16H2,1-2H3,(H,29,30,31). The van der Waals surface area contributed by atoms with Crippen LogP contribution in [0.1, 0.15) is 38.7 Å². The van der Waals surface area contributed by atoms with Crippen LogP contribution in [0.4, 0.5) is 11.6 Å². The Morgan fingerprint density at radius 3 is 2.57 bits per heavy atom. The minimum atomic E-state index is -3.34. The second-order valence-corrected chi connectivity index (χ2v) is 10.8. The first-order valence-corrected chi connectivity index (χ1v) is 13.5. The average Bonchev–Trinajstić information content (AvgIpc) is 2.84. The predicted octanol–water partition coefficient (Wildman–Crippen LogP) is 6.14. The molecule has 4 aromatic rings. The van der Waals surface area contributed by atoms with Crippen LogP contribution in [-0.2, 0) is 21.1 Å². The molecule has 1 heterocycles. The van der Waals surface area contributed by atoms with Crippen LogP contribution in [0.5, 0.6) is 0 Å². The Morgan fingerprint density at radius 1 is 0.971 bits per heavy atom. The SMILES string of the molecule is CCCCCS(=O)(=O)c1cccc(Nc2ncc3cccc(-c4cccc(CC(C)=O)c4)c3n2)c1. The van der Waals surface area contributed by atoms with Crippen LogP contribution in [0.15, 0.2) is 77.8 Å². The molecule has 0 saturated carbocycles. The van der Waals surface area contributed by atoms with Crippen LogP contribution >= 0.6 is 0 Å². The van der Waals surface area contributed by atoms with E-state index >= 15 is 0 Å². The van der Waals surface area contributed by atoms with Gasteiger partial charge in [0.1, 0.15) is 5.78 Å². The largest absolute Gasteiger partial charge is 0.324 e. The number of para-hydroxylation sites is 1. The Kier molecular flexibility index (Phi) is 7.56. The lowest BCUT2D eigenvalue weighted by Crippen LogP contribution is -2.07. The van der Waals surface area contributed by atoms with Crippen molar-refractivity contribution in [1.82, 2.24) is 9.97 Å². The average molecular weight is 488 g/mol. The van der Waals surface area contributed by atoms with Gasteiger partial charge in [-0.3, -0.25) is 4.79 Å². The number of fused-ring (bicyclic) bond motifs is 1. The molecule has 0 bridgehead atoms. The summed E-state index contributed by atoms with van der Waals surface area (Å²) in [7, 11) is -3.34. The van der Waals surface area contributed by atoms with Crippen molar-refractivity contribution in [1.29, 1.82) is 0 Å². The fourth-order valence-electron chi connectivity index (χ4n) is 4.04. The van der Waals surface area contributed by atoms with Crippen LogP contribution in [0.3, 0.4) is 0 Å². The maximum absolute atomic E-state index is 12.7. The maximum Gasteiger partial charge on any atom is 0.227 e. The molecule has 6 nitrogen and oxygen atoms in total. The quantitative estimate of drug-likeness (QED) is 0.270. The Balaban J connectivity index is 1.65. The molecule has 0 radical (unpaired) electrons. The Labute approximate surface area is 206 Å². The first-order valence-electron chi connectivity index (χ1n) is 11.8. The molecular formula is C28H29N3O3S. The normalized spacial score (nSPS) is 11.5. The van der Waals surface area contributed by atoms with E-state index < -0.39 is 9.84 Å². The molecule has 3 aromatic carbocycles. The monoisotopic (exact) mass is 487 g/mol. The number of ketones is 1. The highest BCUT2D eigenvalue weighted by Crippen LogP contribution is 2.29. The number of unbranched alkanes of at least 4 members (excludes halogenated alkanes) is 2. The second-order valence-electron chi connectivity index (χ2n) is 8.69. The van der Waals surface area contributed by atoms with Crippen LogP contribution in [0, 0.1) is 0 Å². The van der Waals surface area contributed by atoms with Crippen molar-refractivity contribution < 1.29 is 13.2 Å². The van der Waals surface area contributed by atoms with Gasteiger partial charge in [0.05, 0.1) is 16.2 Å². The summed E-state index contributed by atoms with van der Waals surface area (Å²) < 4.78 is 25.4. The van der Waals surface area contributed by atoms with E-state index in [1.165, 1.54) is 0 Å². The van der Waals surface area contributed by atoms with E-state index in [2.05, 4.69) is 17.2 Å². The molecule has 0 unspecified atom stereocenters. The zero-order valence-electron chi connectivity index (χ0n) is 20.0. The van der Waals surface area contributed by atoms with Crippen LogP contribution in [-0.4, -0.2) is 29.9 Å². The molecule has 180 valence electrons. The molecule has 1 N–H and O–H groups in total. The fraction of sp³-hybridized carbons (Fsp3) is 0.250. The number of Topliss-reactive ketones (excluding diaryl/α,β-unsaturated/α-hetero) is 1. The number of carbonyl (C=O) groups excluding carboxylic acids is 1. The van der Waals surface area contributed by atoms with E-state index in [4.69, 9.17) is 4.98 Å². The van der Waals surface area contributed by atoms with Crippen molar-refractivity contribution in [2.75, 3.05) is 11.1 Å². The van der Waals surface area contributed by atoms with Crippen molar-refractivity contribution in [3.63, 3.8) is 0 Å². The van der Waals surface area contributed by atoms with Gasteiger partial charge in [0.15, 0.2) is 9.84 Å². The molecule has 0 amide bonds. The molecule has 0 aliphatic rings. The lowest BCUT2D eigenvalue weighted by molar-refractivity contribution is -0.116. The molecular weight excluding hydrogens is 458 g/mol. The lowest BCUT2D eigenvalue weighted by atomic mass is 9.99. The second kappa shape index (κ2) is 10.8. The molecule has 0 saturated heterocycles. The third-order valence-electron chi connectivity index (χ3n) is 5.77. The molecule has 0 spiro atoms. The van der Waals surface area contributed by atoms with E-state index in [1.807, 2.05) is 42.5 Å². The minimum Gasteiger partial charge on any atom is -0.324 e. The summed E-state index contributed by atoms with van der Waals surface area (Å²) in [5.74, 6) is 0.636. The molecule has 0 aliphatic carbocycles. The highest BCUT2D eigenvalue weighted by atomic mass is 32.2. The van der Waals surface area contributed by atoms with Gasteiger partial charge in [0.2, 0.25) is 5.95 Å². The third-order valence-corrected chi connectivity index (χ3v) is 7.57. The molecule has 35 heavy (non-hydrogen) atoms. The summed E-state index contributed by atoms with van der Waals surface area (Å²) >= 11 is 0. The number of sulfone groups is 1. The number of nitrogens with zero attached hydrogens (tertiary/aromatic N) is 2. The highest BCUT2D eigenvalue weighted by molar-refractivity contribution is 7.91. The number of rotatable bonds is 10. The summed E-state index contributed by atoms with van der Waals surface area (Å²) in [6.07, 6.45) is 4.65. The lowest BCUT2D eigenvalue weighted by Gasteiger charge is -2.11. The summed E-state index contributed by atoms with van der Waals surface area (Å²) in [4.78, 5) is 21.1. The van der Waals surface area contributed by atoms with E-state index in [1.54, 1.807) is 37.4 Å². The number of hydrogen-bond donors (Lipinski definition) is 1. The Bertz CT molecular complexity index is 1470. The summed E-state index contributed by atoms with van der Waals surface area (Å²) in [5, 5.41) is 4.05. The van der Waals surface area contributed by atoms with Gasteiger partial charge in [-0.2, -0.15) is 0 Å². The number of carbonyl (C=O) groups is 1. The van der Waals surface area contributed by atoms with Gasteiger partial charge in [-0.25, -0.2) is 18.4 Å². The zero-order valence-corrected chi connectivity index (χ0v) is 20.8. The van der Waals surface area contributed by atoms with E-state index in [0.717, 1.165) is 40.4 Å². The van der Waals surface area contributed by atoms with Gasteiger partial charge in [0.25, 0.3) is 0 Å². The number of aromatic nitrogens is 2. The number of nitrogens with one attached hydrogen (secondary N) is 1. The molecule has 7 heteroatoms. The summed E-state index contributed by atoms with van der Waals surface area (Å²) in [5.41, 5.74) is 4.25. The van der Waals surface area contributed by atoms with Gasteiger partial charge < -0.3 is 5.32 Å². The predicted molar refractivity (Wildman–Crippen MR) is 141 cm³/mol. The van der Waals surface area contributed by atoms with Crippen molar-refractivity contribution in [2.24, 2.45) is 0 Å². The smallest absolute Gasteiger partial charge is 0.227 e. The summed E-state index contributed by atoms with van der Waals surface area (Å²) in [6.45, 7) is 3.64. The van der Waals surface area contributed by atoms with Gasteiger partial charge in [-0.05, 0) is 42.7 Å². The van der Waals surface area contributed by atoms with Crippen molar-refractivity contribution in [3.05, 3.63) is 78.5 Å². The van der Waals surface area contributed by atoms with Gasteiger partial charge in [-0.1, -0.05) is 68.3 Å². The molecule has 0 aliphatic heterocycles. The Hall–Kier alpha value is -3.58. The van der Waals surface area contributed by atoms with Gasteiger partial charge in [-0.15, -0.1) is 0 Å². The van der Waals surface area contributed by atoms with Crippen molar-refractivity contribution in [2.45, 2.75) is 44.4 Å². The topological polar surface area (TPSA) is 89.0 Å². The van der Waals surface area contributed by atoms with Crippen molar-refractivity contribution in [3.8, 4) is 11.1 Å². The Morgan fingerprint density at radius 2 is 1.77 bits per heavy atom. The number of anilines is 2. The molecule has 0 fully saturated rings. The summed E-state index contributed by atoms with van der Waals surface area (Å²) in [6, 6.07) is 20.6. The minimum absolute atomic E-state index is 0.114. The zero-order chi connectivity index (χ0) is 24.8. The van der Waals surface area contributed by atoms with Crippen LogP contribution < -0.4 is 5.32 Å². The first kappa shape index (κ1) is 24.5. The maximum atomic E-state index is 12.7. The van der Waals surface area contributed by atoms with E-state index in [-0.39, 0.29) is 11.5 Å². The number of hydrogen-bond acceptors (Lipinski definition) is 6.